The summed E-state index contributed by atoms with van der Waals surface area (Å²) in [6.45, 7) is 1.92. The number of esters is 1. The van der Waals surface area contributed by atoms with Gasteiger partial charge in [-0.05, 0) is 25.1 Å². The average molecular weight is 286 g/mol. The van der Waals surface area contributed by atoms with Gasteiger partial charge in [-0.2, -0.15) is 4.31 Å². The maximum atomic E-state index is 12.3. The first-order valence-corrected chi connectivity index (χ1v) is 7.15. The fourth-order valence-electron chi connectivity index (χ4n) is 1.45. The lowest BCUT2D eigenvalue weighted by Crippen LogP contribution is -2.39. The molecule has 1 aromatic rings. The van der Waals surface area contributed by atoms with Crippen molar-refractivity contribution in [2.24, 2.45) is 5.73 Å². The van der Waals surface area contributed by atoms with E-state index in [0.29, 0.717) is 0 Å². The van der Waals surface area contributed by atoms with E-state index in [1.54, 1.807) is 6.92 Å². The number of rotatable bonds is 5. The number of hydrogen-bond donors (Lipinski definition) is 1. The third kappa shape index (κ3) is 3.31. The van der Waals surface area contributed by atoms with Crippen LogP contribution >= 0.6 is 0 Å². The lowest BCUT2D eigenvalue weighted by molar-refractivity contribution is 0.0600. The standard InChI is InChI=1S/C12H18N2O4S/c1-9(8-13)14(2)19(16,17)11-6-4-5-10(7-11)12(15)18-3/h4-7,9H,8,13H2,1-3H3. The molecule has 0 aromatic heterocycles. The molecule has 1 aromatic carbocycles. The Morgan fingerprint density at radius 1 is 1.47 bits per heavy atom. The van der Waals surface area contributed by atoms with Gasteiger partial charge < -0.3 is 10.5 Å². The highest BCUT2D eigenvalue weighted by atomic mass is 32.2. The first-order valence-electron chi connectivity index (χ1n) is 5.71. The molecule has 0 amide bonds. The number of nitrogens with zero attached hydrogens (tertiary/aromatic N) is 1. The molecule has 6 nitrogen and oxygen atoms in total. The van der Waals surface area contributed by atoms with Crippen LogP contribution in [0, 0.1) is 0 Å². The summed E-state index contributed by atoms with van der Waals surface area (Å²) in [5.41, 5.74) is 5.66. The highest BCUT2D eigenvalue weighted by Crippen LogP contribution is 2.18. The first kappa shape index (κ1) is 15.6. The van der Waals surface area contributed by atoms with Gasteiger partial charge in [-0.15, -0.1) is 0 Å². The van der Waals surface area contributed by atoms with Crippen LogP contribution in [0.4, 0.5) is 0 Å². The average Bonchev–Trinajstić information content (AvgIpc) is 2.44. The van der Waals surface area contributed by atoms with Crippen LogP contribution < -0.4 is 5.73 Å². The molecule has 0 spiro atoms. The predicted molar refractivity (Wildman–Crippen MR) is 71.2 cm³/mol. The normalized spacial score (nSPS) is 13.3. The molecule has 0 aliphatic carbocycles. The molecule has 0 bridgehead atoms. The van der Waals surface area contributed by atoms with Crippen LogP contribution in [0.3, 0.4) is 0 Å². The summed E-state index contributed by atoms with van der Waals surface area (Å²) in [5, 5.41) is 0. The molecule has 106 valence electrons. The molecule has 19 heavy (non-hydrogen) atoms. The van der Waals surface area contributed by atoms with Crippen molar-refractivity contribution in [3.63, 3.8) is 0 Å². The highest BCUT2D eigenvalue weighted by molar-refractivity contribution is 7.89. The minimum atomic E-state index is -3.67. The van der Waals surface area contributed by atoms with E-state index in [-0.39, 0.29) is 23.0 Å². The Morgan fingerprint density at radius 2 is 2.11 bits per heavy atom. The molecule has 2 N–H and O–H groups in total. The Labute approximate surface area is 113 Å². The maximum absolute atomic E-state index is 12.3. The summed E-state index contributed by atoms with van der Waals surface area (Å²) in [5.74, 6) is -0.577. The molecular weight excluding hydrogens is 268 g/mol. The molecule has 1 unspecified atom stereocenters. The summed E-state index contributed by atoms with van der Waals surface area (Å²) in [6.07, 6.45) is 0. The molecular formula is C12H18N2O4S. The van der Waals surface area contributed by atoms with E-state index in [2.05, 4.69) is 4.74 Å². The third-order valence-electron chi connectivity index (χ3n) is 2.89. The summed E-state index contributed by atoms with van der Waals surface area (Å²) >= 11 is 0. The molecule has 1 rings (SSSR count). The molecule has 0 radical (unpaired) electrons. The van der Waals surface area contributed by atoms with Crippen molar-refractivity contribution in [3.05, 3.63) is 29.8 Å². The number of ether oxygens (including phenoxy) is 1. The predicted octanol–water partition coefficient (Wildman–Crippen LogP) is 0.441. The lowest BCUT2D eigenvalue weighted by Gasteiger charge is -2.23. The maximum Gasteiger partial charge on any atom is 0.337 e. The zero-order chi connectivity index (χ0) is 14.6. The van der Waals surface area contributed by atoms with Crippen LogP contribution in [0.1, 0.15) is 17.3 Å². The van der Waals surface area contributed by atoms with Crippen molar-refractivity contribution in [2.45, 2.75) is 17.9 Å². The molecule has 1 atom stereocenters. The van der Waals surface area contributed by atoms with Gasteiger partial charge in [-0.25, -0.2) is 13.2 Å². The second-order valence-electron chi connectivity index (χ2n) is 4.13. The van der Waals surface area contributed by atoms with E-state index in [1.807, 2.05) is 0 Å². The Kier molecular flexibility index (Phi) is 5.04. The molecule has 0 heterocycles. The Bertz CT molecular complexity index is 557. The van der Waals surface area contributed by atoms with Crippen LogP contribution in [0.2, 0.25) is 0 Å². The second-order valence-corrected chi connectivity index (χ2v) is 6.12. The van der Waals surface area contributed by atoms with Crippen molar-refractivity contribution in [1.29, 1.82) is 0 Å². The molecule has 0 saturated carbocycles. The first-order chi connectivity index (χ1) is 8.84. The Hall–Kier alpha value is -1.44. The molecule has 7 heteroatoms. The monoisotopic (exact) mass is 286 g/mol. The van der Waals surface area contributed by atoms with Gasteiger partial charge in [0.25, 0.3) is 0 Å². The summed E-state index contributed by atoms with van der Waals surface area (Å²) in [6, 6.07) is 5.39. The summed E-state index contributed by atoms with van der Waals surface area (Å²) in [4.78, 5) is 11.4. The number of carbonyl (C=O) groups is 1. The smallest absolute Gasteiger partial charge is 0.337 e. The molecule has 0 aliphatic heterocycles. The molecule has 0 saturated heterocycles. The van der Waals surface area contributed by atoms with Crippen LogP contribution in [0.15, 0.2) is 29.2 Å². The van der Waals surface area contributed by atoms with Crippen molar-refractivity contribution < 1.29 is 17.9 Å². The van der Waals surface area contributed by atoms with Gasteiger partial charge in [-0.1, -0.05) is 6.07 Å². The van der Waals surface area contributed by atoms with Gasteiger partial charge in [-0.3, -0.25) is 0 Å². The van der Waals surface area contributed by atoms with Crippen molar-refractivity contribution in [3.8, 4) is 0 Å². The largest absolute Gasteiger partial charge is 0.465 e. The number of methoxy groups -OCH3 is 1. The van der Waals surface area contributed by atoms with Gasteiger partial charge in [0, 0.05) is 19.6 Å². The van der Waals surface area contributed by atoms with Crippen LogP contribution in [0.5, 0.6) is 0 Å². The number of likely N-dealkylation sites (N-methyl/N-ethyl adjacent to an activating group) is 1. The Morgan fingerprint density at radius 3 is 2.63 bits per heavy atom. The number of carbonyl (C=O) groups excluding carboxylic acids is 1. The van der Waals surface area contributed by atoms with E-state index < -0.39 is 16.0 Å². The van der Waals surface area contributed by atoms with Gasteiger partial charge in [0.15, 0.2) is 0 Å². The number of sulfonamides is 1. The topological polar surface area (TPSA) is 89.7 Å². The zero-order valence-corrected chi connectivity index (χ0v) is 12.0. The second kappa shape index (κ2) is 6.14. The van der Waals surface area contributed by atoms with Crippen LogP contribution in [0.25, 0.3) is 0 Å². The van der Waals surface area contributed by atoms with E-state index in [0.717, 1.165) is 0 Å². The lowest BCUT2D eigenvalue weighted by atomic mass is 10.2. The van der Waals surface area contributed by atoms with Gasteiger partial charge in [0.1, 0.15) is 0 Å². The number of benzene rings is 1. The number of nitrogens with two attached hydrogens (primary N) is 1. The minimum Gasteiger partial charge on any atom is -0.465 e. The summed E-state index contributed by atoms with van der Waals surface area (Å²) < 4.78 is 30.4. The summed E-state index contributed by atoms with van der Waals surface area (Å²) in [7, 11) is -0.971. The minimum absolute atomic E-state index is 0.0400. The van der Waals surface area contributed by atoms with Crippen LogP contribution in [-0.2, 0) is 14.8 Å². The molecule has 0 aliphatic rings. The zero-order valence-electron chi connectivity index (χ0n) is 11.2. The van der Waals surface area contributed by atoms with Crippen molar-refractivity contribution in [2.75, 3.05) is 20.7 Å². The van der Waals surface area contributed by atoms with E-state index in [9.17, 15) is 13.2 Å². The fraction of sp³-hybridized carbons (Fsp3) is 0.417. The number of hydrogen-bond acceptors (Lipinski definition) is 5. The van der Waals surface area contributed by atoms with Gasteiger partial charge in [0.05, 0.1) is 17.6 Å². The highest BCUT2D eigenvalue weighted by Gasteiger charge is 2.25. The van der Waals surface area contributed by atoms with E-state index in [1.165, 1.54) is 42.7 Å². The van der Waals surface area contributed by atoms with E-state index in [4.69, 9.17) is 5.73 Å². The van der Waals surface area contributed by atoms with E-state index >= 15 is 0 Å². The van der Waals surface area contributed by atoms with Crippen molar-refractivity contribution in [1.82, 2.24) is 4.31 Å². The molecule has 0 fully saturated rings. The van der Waals surface area contributed by atoms with Gasteiger partial charge in [0.2, 0.25) is 10.0 Å². The third-order valence-corrected chi connectivity index (χ3v) is 4.86. The van der Waals surface area contributed by atoms with Crippen LogP contribution in [-0.4, -0.2) is 45.4 Å². The fourth-order valence-corrected chi connectivity index (χ4v) is 2.87. The SMILES string of the molecule is COC(=O)c1cccc(S(=O)(=O)N(C)C(C)CN)c1. The van der Waals surface area contributed by atoms with Crippen molar-refractivity contribution >= 4 is 16.0 Å². The van der Waals surface area contributed by atoms with Gasteiger partial charge >= 0.3 is 5.97 Å². The Balaban J connectivity index is 3.19. The quantitative estimate of drug-likeness (QED) is 0.793.